The summed E-state index contributed by atoms with van der Waals surface area (Å²) in [6.07, 6.45) is 5.32. The number of amides is 1. The van der Waals surface area contributed by atoms with E-state index in [-0.39, 0.29) is 11.7 Å². The lowest BCUT2D eigenvalue weighted by Gasteiger charge is -2.32. The molecule has 4 nitrogen and oxygen atoms in total. The van der Waals surface area contributed by atoms with Gasteiger partial charge in [-0.1, -0.05) is 19.3 Å². The number of hydrogen-bond acceptors (Lipinski definition) is 3. The molecule has 1 unspecified atom stereocenters. The van der Waals surface area contributed by atoms with Crippen molar-refractivity contribution in [2.75, 3.05) is 7.05 Å². The van der Waals surface area contributed by atoms with E-state index in [1.54, 1.807) is 31.2 Å². The summed E-state index contributed by atoms with van der Waals surface area (Å²) in [6.45, 7) is 3.31. The predicted molar refractivity (Wildman–Crippen MR) is 86.2 cm³/mol. The van der Waals surface area contributed by atoms with E-state index in [1.165, 1.54) is 26.2 Å². The number of hydrogen-bond donors (Lipinski definition) is 0. The first-order chi connectivity index (χ1) is 10.5. The Labute approximate surface area is 132 Å². The van der Waals surface area contributed by atoms with Gasteiger partial charge >= 0.3 is 0 Å². The first kappa shape index (κ1) is 16.5. The number of rotatable bonds is 5. The van der Waals surface area contributed by atoms with Gasteiger partial charge in [0.2, 0.25) is 0 Å². The molecule has 22 heavy (non-hydrogen) atoms. The standard InChI is InChI=1S/C18H25NO3/c1-13(20)15-9-11-17(12-10-15)22-14(2)18(21)19(3)16-7-5-4-6-8-16/h9-12,14,16H,4-8H2,1-3H3. The van der Waals surface area contributed by atoms with Crippen molar-refractivity contribution < 1.29 is 14.3 Å². The maximum atomic E-state index is 12.5. The highest BCUT2D eigenvalue weighted by Gasteiger charge is 2.26. The van der Waals surface area contributed by atoms with E-state index < -0.39 is 6.10 Å². The van der Waals surface area contributed by atoms with Crippen molar-refractivity contribution in [2.24, 2.45) is 0 Å². The molecule has 0 radical (unpaired) electrons. The second-order valence-corrected chi connectivity index (χ2v) is 6.08. The minimum Gasteiger partial charge on any atom is -0.481 e. The molecule has 4 heteroatoms. The molecule has 1 atom stereocenters. The van der Waals surface area contributed by atoms with Crippen molar-refractivity contribution in [1.29, 1.82) is 0 Å². The second-order valence-electron chi connectivity index (χ2n) is 6.08. The van der Waals surface area contributed by atoms with E-state index in [1.807, 2.05) is 11.9 Å². The maximum absolute atomic E-state index is 12.5. The molecule has 1 fully saturated rings. The van der Waals surface area contributed by atoms with Gasteiger partial charge in [0.15, 0.2) is 11.9 Å². The molecular weight excluding hydrogens is 278 g/mol. The van der Waals surface area contributed by atoms with Gasteiger partial charge < -0.3 is 9.64 Å². The Morgan fingerprint density at radius 2 is 1.73 bits per heavy atom. The first-order valence-corrected chi connectivity index (χ1v) is 8.03. The lowest BCUT2D eigenvalue weighted by Crippen LogP contribution is -2.44. The molecule has 1 aromatic rings. The molecule has 0 spiro atoms. The van der Waals surface area contributed by atoms with Gasteiger partial charge in [-0.15, -0.1) is 0 Å². The van der Waals surface area contributed by atoms with Crippen molar-refractivity contribution in [2.45, 2.75) is 58.1 Å². The van der Waals surface area contributed by atoms with Crippen LogP contribution in [0.25, 0.3) is 0 Å². The fourth-order valence-electron chi connectivity index (χ4n) is 2.96. The fraction of sp³-hybridized carbons (Fsp3) is 0.556. The quantitative estimate of drug-likeness (QED) is 0.783. The van der Waals surface area contributed by atoms with E-state index in [0.29, 0.717) is 17.4 Å². The summed E-state index contributed by atoms with van der Waals surface area (Å²) in [7, 11) is 1.87. The van der Waals surface area contributed by atoms with Crippen molar-refractivity contribution in [3.05, 3.63) is 29.8 Å². The van der Waals surface area contributed by atoms with E-state index in [9.17, 15) is 9.59 Å². The molecule has 1 aliphatic carbocycles. The minimum absolute atomic E-state index is 0.0162. The molecule has 1 amide bonds. The lowest BCUT2D eigenvalue weighted by molar-refractivity contribution is -0.139. The van der Waals surface area contributed by atoms with Gasteiger partial charge in [0, 0.05) is 18.7 Å². The van der Waals surface area contributed by atoms with Gasteiger partial charge in [-0.3, -0.25) is 9.59 Å². The molecule has 120 valence electrons. The molecule has 2 rings (SSSR count). The zero-order chi connectivity index (χ0) is 16.1. The average molecular weight is 303 g/mol. The number of carbonyl (C=O) groups is 2. The Hall–Kier alpha value is -1.84. The Bertz CT molecular complexity index is 518. The first-order valence-electron chi connectivity index (χ1n) is 8.03. The molecule has 0 bridgehead atoms. The Balaban J connectivity index is 1.93. The third-order valence-corrected chi connectivity index (χ3v) is 4.39. The SMILES string of the molecule is CC(=O)c1ccc(OC(C)C(=O)N(C)C2CCCCC2)cc1. The highest BCUT2D eigenvalue weighted by Crippen LogP contribution is 2.23. The summed E-state index contributed by atoms with van der Waals surface area (Å²) < 4.78 is 5.72. The zero-order valence-electron chi connectivity index (χ0n) is 13.7. The van der Waals surface area contributed by atoms with Gasteiger partial charge in [-0.2, -0.15) is 0 Å². The minimum atomic E-state index is -0.518. The van der Waals surface area contributed by atoms with Crippen LogP contribution < -0.4 is 4.74 Å². The molecule has 0 N–H and O–H groups in total. The van der Waals surface area contributed by atoms with E-state index in [2.05, 4.69) is 0 Å². The molecule has 0 saturated heterocycles. The number of nitrogens with zero attached hydrogens (tertiary/aromatic N) is 1. The van der Waals surface area contributed by atoms with Gasteiger partial charge in [0.25, 0.3) is 5.91 Å². The van der Waals surface area contributed by atoms with Crippen molar-refractivity contribution >= 4 is 11.7 Å². The van der Waals surface area contributed by atoms with Crippen LogP contribution in [0.3, 0.4) is 0 Å². The van der Waals surface area contributed by atoms with Gasteiger partial charge in [-0.25, -0.2) is 0 Å². The largest absolute Gasteiger partial charge is 0.481 e. The van der Waals surface area contributed by atoms with Crippen molar-refractivity contribution in [3.8, 4) is 5.75 Å². The molecule has 1 aromatic carbocycles. The molecule has 1 saturated carbocycles. The topological polar surface area (TPSA) is 46.6 Å². The third-order valence-electron chi connectivity index (χ3n) is 4.39. The summed E-state index contributed by atoms with van der Waals surface area (Å²) in [5, 5.41) is 0. The normalized spacial score (nSPS) is 16.9. The van der Waals surface area contributed by atoms with Crippen LogP contribution in [0.15, 0.2) is 24.3 Å². The van der Waals surface area contributed by atoms with Crippen LogP contribution in [0.4, 0.5) is 0 Å². The summed E-state index contributed by atoms with van der Waals surface area (Å²) in [5.74, 6) is 0.651. The second kappa shape index (κ2) is 7.43. The van der Waals surface area contributed by atoms with Crippen LogP contribution in [0.5, 0.6) is 5.75 Å². The number of ketones is 1. The monoisotopic (exact) mass is 303 g/mol. The van der Waals surface area contributed by atoms with Crippen LogP contribution in [0, 0.1) is 0 Å². The summed E-state index contributed by atoms with van der Waals surface area (Å²) in [6, 6.07) is 7.26. The Kier molecular flexibility index (Phi) is 5.58. The van der Waals surface area contributed by atoms with E-state index in [4.69, 9.17) is 4.74 Å². The van der Waals surface area contributed by atoms with Crippen LogP contribution >= 0.6 is 0 Å². The highest BCUT2D eigenvalue weighted by molar-refractivity contribution is 5.94. The third kappa shape index (κ3) is 4.09. The van der Waals surface area contributed by atoms with Crippen LogP contribution in [-0.4, -0.2) is 35.8 Å². The van der Waals surface area contributed by atoms with Gasteiger partial charge in [-0.05, 0) is 51.0 Å². The molecule has 0 aliphatic heterocycles. The summed E-state index contributed by atoms with van der Waals surface area (Å²) >= 11 is 0. The number of benzene rings is 1. The predicted octanol–water partition coefficient (Wildman–Crippen LogP) is 3.45. The number of Topliss-reactive ketones (excluding diaryl/α,β-unsaturated/α-hetero) is 1. The number of carbonyl (C=O) groups excluding carboxylic acids is 2. The molecule has 1 aliphatic rings. The smallest absolute Gasteiger partial charge is 0.263 e. The fourth-order valence-corrected chi connectivity index (χ4v) is 2.96. The van der Waals surface area contributed by atoms with Crippen molar-refractivity contribution in [1.82, 2.24) is 4.90 Å². The number of ether oxygens (including phenoxy) is 1. The van der Waals surface area contributed by atoms with E-state index >= 15 is 0 Å². The Morgan fingerprint density at radius 1 is 1.14 bits per heavy atom. The average Bonchev–Trinajstić information content (AvgIpc) is 2.54. The highest BCUT2D eigenvalue weighted by atomic mass is 16.5. The van der Waals surface area contributed by atoms with Gasteiger partial charge in [0.1, 0.15) is 5.75 Å². The number of likely N-dealkylation sites (N-methyl/N-ethyl adjacent to an activating group) is 1. The van der Waals surface area contributed by atoms with Crippen LogP contribution in [-0.2, 0) is 4.79 Å². The summed E-state index contributed by atoms with van der Waals surface area (Å²) in [4.78, 5) is 25.6. The Morgan fingerprint density at radius 3 is 2.27 bits per heavy atom. The van der Waals surface area contributed by atoms with Gasteiger partial charge in [0.05, 0.1) is 0 Å². The van der Waals surface area contributed by atoms with Crippen LogP contribution in [0.1, 0.15) is 56.3 Å². The van der Waals surface area contributed by atoms with E-state index in [0.717, 1.165) is 12.8 Å². The molecule has 0 aromatic heterocycles. The lowest BCUT2D eigenvalue weighted by atomic mass is 9.94. The van der Waals surface area contributed by atoms with Crippen molar-refractivity contribution in [3.63, 3.8) is 0 Å². The maximum Gasteiger partial charge on any atom is 0.263 e. The van der Waals surface area contributed by atoms with Crippen LogP contribution in [0.2, 0.25) is 0 Å². The zero-order valence-corrected chi connectivity index (χ0v) is 13.7. The molecular formula is C18H25NO3. The molecule has 0 heterocycles. The summed E-state index contributed by atoms with van der Waals surface area (Å²) in [5.41, 5.74) is 0.644.